The molecule has 1 aliphatic heterocycles. The molecule has 4 heteroatoms. The van der Waals surface area contributed by atoms with Crippen molar-refractivity contribution in [3.63, 3.8) is 0 Å². The lowest BCUT2D eigenvalue weighted by Gasteiger charge is -2.26. The van der Waals surface area contributed by atoms with Crippen LogP contribution in [0.3, 0.4) is 0 Å². The molecule has 0 atom stereocenters. The van der Waals surface area contributed by atoms with Gasteiger partial charge in [0, 0.05) is 19.2 Å². The summed E-state index contributed by atoms with van der Waals surface area (Å²) in [6, 6.07) is 5.97. The summed E-state index contributed by atoms with van der Waals surface area (Å²) >= 11 is 0. The Morgan fingerprint density at radius 1 is 1.26 bits per heavy atom. The van der Waals surface area contributed by atoms with E-state index in [1.807, 2.05) is 18.2 Å². The fourth-order valence-corrected chi connectivity index (χ4v) is 2.35. The van der Waals surface area contributed by atoms with Crippen LogP contribution in [0, 0.1) is 0 Å². The SMILES string of the molecule is CCNCc1cccc(OCCN2CCCCC2)n1. The van der Waals surface area contributed by atoms with Gasteiger partial charge in [0.15, 0.2) is 0 Å². The van der Waals surface area contributed by atoms with Gasteiger partial charge < -0.3 is 10.1 Å². The van der Waals surface area contributed by atoms with E-state index in [1.165, 1.54) is 32.4 Å². The average Bonchev–Trinajstić information content (AvgIpc) is 2.47. The van der Waals surface area contributed by atoms with Gasteiger partial charge in [-0.2, -0.15) is 0 Å². The molecule has 2 rings (SSSR count). The van der Waals surface area contributed by atoms with E-state index in [1.54, 1.807) is 0 Å². The number of rotatable bonds is 7. The number of piperidine rings is 1. The van der Waals surface area contributed by atoms with Crippen LogP contribution in [0.1, 0.15) is 31.9 Å². The standard InChI is InChI=1S/C15H25N3O/c1-2-16-13-14-7-6-8-15(17-14)19-12-11-18-9-4-3-5-10-18/h6-8,16H,2-5,9-13H2,1H3. The zero-order chi connectivity index (χ0) is 13.3. The Balaban J connectivity index is 1.72. The molecule has 1 aromatic rings. The summed E-state index contributed by atoms with van der Waals surface area (Å²) in [5.74, 6) is 0.743. The Hall–Kier alpha value is -1.13. The fraction of sp³-hybridized carbons (Fsp3) is 0.667. The van der Waals surface area contributed by atoms with E-state index < -0.39 is 0 Å². The second-order valence-corrected chi connectivity index (χ2v) is 5.00. The molecule has 0 aliphatic carbocycles. The molecule has 0 amide bonds. The van der Waals surface area contributed by atoms with Crippen molar-refractivity contribution in [1.82, 2.24) is 15.2 Å². The van der Waals surface area contributed by atoms with Gasteiger partial charge in [-0.25, -0.2) is 4.98 Å². The first-order chi connectivity index (χ1) is 9.38. The molecule has 0 unspecified atom stereocenters. The molecular weight excluding hydrogens is 238 g/mol. The van der Waals surface area contributed by atoms with Crippen molar-refractivity contribution in [3.05, 3.63) is 23.9 Å². The Morgan fingerprint density at radius 2 is 2.11 bits per heavy atom. The maximum atomic E-state index is 5.75. The van der Waals surface area contributed by atoms with E-state index >= 15 is 0 Å². The molecule has 2 heterocycles. The smallest absolute Gasteiger partial charge is 0.213 e. The molecule has 1 N–H and O–H groups in total. The number of nitrogens with zero attached hydrogens (tertiary/aromatic N) is 2. The molecule has 0 bridgehead atoms. The van der Waals surface area contributed by atoms with E-state index in [2.05, 4.69) is 22.1 Å². The Morgan fingerprint density at radius 3 is 2.89 bits per heavy atom. The van der Waals surface area contributed by atoms with Crippen LogP contribution in [0.4, 0.5) is 0 Å². The normalized spacial score (nSPS) is 16.5. The predicted molar refractivity (Wildman–Crippen MR) is 77.4 cm³/mol. The van der Waals surface area contributed by atoms with E-state index in [-0.39, 0.29) is 0 Å². The number of ether oxygens (including phenoxy) is 1. The molecule has 0 saturated carbocycles. The van der Waals surface area contributed by atoms with Crippen molar-refractivity contribution < 1.29 is 4.74 Å². The predicted octanol–water partition coefficient (Wildman–Crippen LogP) is 2.06. The van der Waals surface area contributed by atoms with Crippen LogP contribution in [0.25, 0.3) is 0 Å². The number of likely N-dealkylation sites (tertiary alicyclic amines) is 1. The third-order valence-electron chi connectivity index (χ3n) is 3.44. The summed E-state index contributed by atoms with van der Waals surface area (Å²) in [7, 11) is 0. The topological polar surface area (TPSA) is 37.4 Å². The minimum atomic E-state index is 0.734. The fourth-order valence-electron chi connectivity index (χ4n) is 2.35. The zero-order valence-electron chi connectivity index (χ0n) is 11.9. The van der Waals surface area contributed by atoms with Crippen LogP contribution in [-0.2, 0) is 6.54 Å². The monoisotopic (exact) mass is 263 g/mol. The molecule has 4 nitrogen and oxygen atoms in total. The second-order valence-electron chi connectivity index (χ2n) is 5.00. The molecule has 0 radical (unpaired) electrons. The molecule has 1 saturated heterocycles. The summed E-state index contributed by atoms with van der Waals surface area (Å²) in [6.07, 6.45) is 4.04. The van der Waals surface area contributed by atoms with Crippen molar-refractivity contribution >= 4 is 0 Å². The summed E-state index contributed by atoms with van der Waals surface area (Å²) in [6.45, 7) is 8.05. The minimum Gasteiger partial charge on any atom is -0.476 e. The van der Waals surface area contributed by atoms with E-state index in [0.29, 0.717) is 0 Å². The quantitative estimate of drug-likeness (QED) is 0.817. The minimum absolute atomic E-state index is 0.734. The maximum absolute atomic E-state index is 5.75. The molecular formula is C15H25N3O. The van der Waals surface area contributed by atoms with E-state index in [9.17, 15) is 0 Å². The molecule has 19 heavy (non-hydrogen) atoms. The number of nitrogens with one attached hydrogen (secondary N) is 1. The number of pyridine rings is 1. The lowest BCUT2D eigenvalue weighted by Crippen LogP contribution is -2.33. The first-order valence-electron chi connectivity index (χ1n) is 7.40. The molecule has 1 fully saturated rings. The molecule has 1 aromatic heterocycles. The Kier molecular flexibility index (Phi) is 6.11. The summed E-state index contributed by atoms with van der Waals surface area (Å²) < 4.78 is 5.75. The van der Waals surface area contributed by atoms with Crippen LogP contribution in [0.15, 0.2) is 18.2 Å². The van der Waals surface area contributed by atoms with Crippen LogP contribution in [-0.4, -0.2) is 42.7 Å². The largest absolute Gasteiger partial charge is 0.476 e. The summed E-state index contributed by atoms with van der Waals surface area (Å²) in [4.78, 5) is 6.97. The third-order valence-corrected chi connectivity index (χ3v) is 3.44. The van der Waals surface area contributed by atoms with Gasteiger partial charge in [-0.3, -0.25) is 4.90 Å². The molecule has 0 spiro atoms. The number of aromatic nitrogens is 1. The second kappa shape index (κ2) is 8.12. The van der Waals surface area contributed by atoms with Gasteiger partial charge in [0.2, 0.25) is 5.88 Å². The number of hydrogen-bond donors (Lipinski definition) is 1. The molecule has 0 aromatic carbocycles. The van der Waals surface area contributed by atoms with Crippen LogP contribution in [0.5, 0.6) is 5.88 Å². The third kappa shape index (κ3) is 5.17. The van der Waals surface area contributed by atoms with Crippen molar-refractivity contribution in [3.8, 4) is 5.88 Å². The Labute approximate surface area is 116 Å². The highest BCUT2D eigenvalue weighted by molar-refractivity contribution is 5.15. The summed E-state index contributed by atoms with van der Waals surface area (Å²) in [5.41, 5.74) is 1.04. The molecule has 106 valence electrons. The maximum Gasteiger partial charge on any atom is 0.213 e. The lowest BCUT2D eigenvalue weighted by atomic mass is 10.1. The van der Waals surface area contributed by atoms with Gasteiger partial charge in [0.25, 0.3) is 0 Å². The lowest BCUT2D eigenvalue weighted by molar-refractivity contribution is 0.180. The Bertz CT molecular complexity index is 364. The van der Waals surface area contributed by atoms with Crippen molar-refractivity contribution in [1.29, 1.82) is 0 Å². The van der Waals surface area contributed by atoms with Crippen LogP contribution >= 0.6 is 0 Å². The zero-order valence-corrected chi connectivity index (χ0v) is 11.9. The van der Waals surface area contributed by atoms with Crippen molar-refractivity contribution in [2.45, 2.75) is 32.7 Å². The van der Waals surface area contributed by atoms with Crippen molar-refractivity contribution in [2.24, 2.45) is 0 Å². The van der Waals surface area contributed by atoms with Gasteiger partial charge in [0.05, 0.1) is 5.69 Å². The van der Waals surface area contributed by atoms with Gasteiger partial charge in [-0.1, -0.05) is 19.4 Å². The van der Waals surface area contributed by atoms with Gasteiger partial charge in [0.1, 0.15) is 6.61 Å². The first-order valence-corrected chi connectivity index (χ1v) is 7.40. The van der Waals surface area contributed by atoms with E-state index in [4.69, 9.17) is 4.74 Å². The summed E-state index contributed by atoms with van der Waals surface area (Å²) in [5, 5.41) is 3.27. The van der Waals surface area contributed by atoms with Crippen LogP contribution in [0.2, 0.25) is 0 Å². The van der Waals surface area contributed by atoms with Gasteiger partial charge >= 0.3 is 0 Å². The highest BCUT2D eigenvalue weighted by Gasteiger charge is 2.09. The van der Waals surface area contributed by atoms with Crippen molar-refractivity contribution in [2.75, 3.05) is 32.8 Å². The highest BCUT2D eigenvalue weighted by atomic mass is 16.5. The first kappa shape index (κ1) is 14.3. The van der Waals surface area contributed by atoms with Gasteiger partial charge in [-0.05, 0) is 38.5 Å². The average molecular weight is 263 g/mol. The highest BCUT2D eigenvalue weighted by Crippen LogP contribution is 2.10. The molecule has 1 aliphatic rings. The van der Waals surface area contributed by atoms with E-state index in [0.717, 1.165) is 37.8 Å². The van der Waals surface area contributed by atoms with Gasteiger partial charge in [-0.15, -0.1) is 0 Å². The van der Waals surface area contributed by atoms with Crippen LogP contribution < -0.4 is 10.1 Å². The number of hydrogen-bond acceptors (Lipinski definition) is 4.